The first kappa shape index (κ1) is 13.9. The highest BCUT2D eigenvalue weighted by molar-refractivity contribution is 5.88. The maximum Gasteiger partial charge on any atom is 0.163 e. The van der Waals surface area contributed by atoms with Gasteiger partial charge in [-0.3, -0.25) is 4.90 Å². The van der Waals surface area contributed by atoms with Crippen molar-refractivity contribution in [1.29, 1.82) is 0 Å². The van der Waals surface area contributed by atoms with E-state index in [1.165, 1.54) is 6.33 Å². The van der Waals surface area contributed by atoms with Crippen LogP contribution < -0.4 is 5.73 Å². The molecule has 0 aromatic carbocycles. The quantitative estimate of drug-likeness (QED) is 0.911. The molecule has 118 valence electrons. The Balaban J connectivity index is 1.57. The normalized spacial score (nSPS) is 26.2. The van der Waals surface area contributed by atoms with Crippen molar-refractivity contribution in [2.75, 3.05) is 32.0 Å². The second-order valence-corrected chi connectivity index (χ2v) is 6.13. The van der Waals surface area contributed by atoms with Crippen LogP contribution in [0.15, 0.2) is 6.33 Å². The van der Waals surface area contributed by atoms with Crippen molar-refractivity contribution in [3.63, 3.8) is 0 Å². The highest BCUT2D eigenvalue weighted by Gasteiger charge is 2.37. The predicted octanol–water partition coefficient (Wildman–Crippen LogP) is 1.01. The van der Waals surface area contributed by atoms with Crippen LogP contribution in [-0.2, 0) is 11.2 Å². The number of ether oxygens (including phenoxy) is 1. The maximum atomic E-state index is 6.02. The average Bonchev–Trinajstić information content (AvgIpc) is 2.87. The molecule has 3 heterocycles. The topological polar surface area (TPSA) is 82.1 Å². The first-order chi connectivity index (χ1) is 10.8. The molecule has 1 aliphatic carbocycles. The number of hydrogen-bond donors (Lipinski definition) is 1. The molecule has 22 heavy (non-hydrogen) atoms. The second kappa shape index (κ2) is 5.48. The zero-order valence-corrected chi connectivity index (χ0v) is 12.9. The third-order valence-corrected chi connectivity index (χ3v) is 4.92. The number of aryl methyl sites for hydroxylation is 1. The standard InChI is InChI=1S/C15H22N6O/c1-2-12-13-14(16)17-9-18-15(13)21(19-12)11-7-10(8-11)20-3-5-22-6-4-20/h9-11H,2-8H2,1H3,(H2,16,17,18). The van der Waals surface area contributed by atoms with E-state index in [0.29, 0.717) is 17.9 Å². The van der Waals surface area contributed by atoms with Gasteiger partial charge in [-0.25, -0.2) is 14.6 Å². The summed E-state index contributed by atoms with van der Waals surface area (Å²) in [6, 6.07) is 1.07. The Morgan fingerprint density at radius 2 is 2.00 bits per heavy atom. The van der Waals surface area contributed by atoms with E-state index >= 15 is 0 Å². The Hall–Kier alpha value is -1.73. The molecule has 2 aromatic rings. The minimum atomic E-state index is 0.421. The van der Waals surface area contributed by atoms with Crippen LogP contribution in [0.25, 0.3) is 11.0 Å². The summed E-state index contributed by atoms with van der Waals surface area (Å²) in [5.74, 6) is 0.539. The maximum absolute atomic E-state index is 6.02. The Morgan fingerprint density at radius 3 is 2.73 bits per heavy atom. The van der Waals surface area contributed by atoms with Crippen molar-refractivity contribution in [3.05, 3.63) is 12.0 Å². The summed E-state index contributed by atoms with van der Waals surface area (Å²) in [6.07, 6.45) is 4.64. The van der Waals surface area contributed by atoms with Gasteiger partial charge >= 0.3 is 0 Å². The van der Waals surface area contributed by atoms with E-state index in [-0.39, 0.29) is 0 Å². The summed E-state index contributed by atoms with van der Waals surface area (Å²) in [7, 11) is 0. The molecule has 1 saturated heterocycles. The van der Waals surface area contributed by atoms with Crippen molar-refractivity contribution in [1.82, 2.24) is 24.6 Å². The summed E-state index contributed by atoms with van der Waals surface area (Å²) in [5.41, 5.74) is 7.91. The van der Waals surface area contributed by atoms with Crippen molar-refractivity contribution >= 4 is 16.9 Å². The van der Waals surface area contributed by atoms with E-state index in [2.05, 4.69) is 26.5 Å². The number of morpholine rings is 1. The van der Waals surface area contributed by atoms with Crippen LogP contribution in [-0.4, -0.2) is 57.0 Å². The van der Waals surface area contributed by atoms with Crippen LogP contribution in [0.3, 0.4) is 0 Å². The molecular formula is C15H22N6O. The van der Waals surface area contributed by atoms with E-state index in [9.17, 15) is 0 Å². The van der Waals surface area contributed by atoms with Crippen LogP contribution >= 0.6 is 0 Å². The lowest BCUT2D eigenvalue weighted by atomic mass is 9.85. The molecule has 2 aliphatic rings. The summed E-state index contributed by atoms with van der Waals surface area (Å²) >= 11 is 0. The number of nitrogens with zero attached hydrogens (tertiary/aromatic N) is 5. The highest BCUT2D eigenvalue weighted by atomic mass is 16.5. The minimum Gasteiger partial charge on any atom is -0.383 e. The molecule has 0 bridgehead atoms. The molecule has 2 aromatic heterocycles. The van der Waals surface area contributed by atoms with Crippen LogP contribution in [0.4, 0.5) is 5.82 Å². The molecular weight excluding hydrogens is 280 g/mol. The molecule has 0 unspecified atom stereocenters. The fraction of sp³-hybridized carbons (Fsp3) is 0.667. The molecule has 7 heteroatoms. The zero-order valence-electron chi connectivity index (χ0n) is 12.9. The fourth-order valence-electron chi connectivity index (χ4n) is 3.57. The molecule has 0 amide bonds. The van der Waals surface area contributed by atoms with E-state index in [1.54, 1.807) is 0 Å². The van der Waals surface area contributed by atoms with Gasteiger partial charge in [0, 0.05) is 19.1 Å². The first-order valence-electron chi connectivity index (χ1n) is 8.07. The van der Waals surface area contributed by atoms with Gasteiger partial charge < -0.3 is 10.5 Å². The van der Waals surface area contributed by atoms with Gasteiger partial charge in [-0.2, -0.15) is 5.10 Å². The largest absolute Gasteiger partial charge is 0.383 e. The molecule has 7 nitrogen and oxygen atoms in total. The van der Waals surface area contributed by atoms with Crippen molar-refractivity contribution in [2.45, 2.75) is 38.3 Å². The molecule has 0 atom stereocenters. The number of aromatic nitrogens is 4. The lowest BCUT2D eigenvalue weighted by Crippen LogP contribution is -2.50. The molecule has 2 N–H and O–H groups in total. The Bertz CT molecular complexity index is 672. The predicted molar refractivity (Wildman–Crippen MR) is 83.6 cm³/mol. The average molecular weight is 302 g/mol. The monoisotopic (exact) mass is 302 g/mol. The van der Waals surface area contributed by atoms with Crippen LogP contribution in [0.1, 0.15) is 31.5 Å². The molecule has 1 saturated carbocycles. The van der Waals surface area contributed by atoms with Crippen LogP contribution in [0.5, 0.6) is 0 Å². The lowest BCUT2D eigenvalue weighted by Gasteiger charge is -2.44. The van der Waals surface area contributed by atoms with Gasteiger partial charge in [0.15, 0.2) is 5.65 Å². The van der Waals surface area contributed by atoms with Gasteiger partial charge in [0.1, 0.15) is 12.1 Å². The number of nitrogen functional groups attached to an aromatic ring is 1. The summed E-state index contributed by atoms with van der Waals surface area (Å²) < 4.78 is 7.50. The minimum absolute atomic E-state index is 0.421. The summed E-state index contributed by atoms with van der Waals surface area (Å²) in [5, 5.41) is 5.69. The first-order valence-corrected chi connectivity index (χ1v) is 8.07. The Morgan fingerprint density at radius 1 is 1.23 bits per heavy atom. The number of fused-ring (bicyclic) bond motifs is 1. The van der Waals surface area contributed by atoms with Gasteiger partial charge in [-0.15, -0.1) is 0 Å². The third kappa shape index (κ3) is 2.16. The highest BCUT2D eigenvalue weighted by Crippen LogP contribution is 2.38. The Labute approximate surface area is 129 Å². The van der Waals surface area contributed by atoms with Crippen molar-refractivity contribution in [2.24, 2.45) is 0 Å². The zero-order chi connectivity index (χ0) is 15.1. The van der Waals surface area contributed by atoms with Crippen LogP contribution in [0.2, 0.25) is 0 Å². The van der Waals surface area contributed by atoms with E-state index in [0.717, 1.165) is 62.3 Å². The number of rotatable bonds is 3. The molecule has 0 radical (unpaired) electrons. The van der Waals surface area contributed by atoms with E-state index in [4.69, 9.17) is 15.6 Å². The summed E-state index contributed by atoms with van der Waals surface area (Å²) in [6.45, 7) is 5.90. The molecule has 2 fully saturated rings. The van der Waals surface area contributed by atoms with Gasteiger partial charge in [0.05, 0.1) is 30.3 Å². The summed E-state index contributed by atoms with van der Waals surface area (Å²) in [4.78, 5) is 11.1. The van der Waals surface area contributed by atoms with Crippen LogP contribution in [0, 0.1) is 0 Å². The number of hydrogen-bond acceptors (Lipinski definition) is 6. The van der Waals surface area contributed by atoms with Gasteiger partial charge in [0.2, 0.25) is 0 Å². The van der Waals surface area contributed by atoms with Gasteiger partial charge in [-0.05, 0) is 19.3 Å². The Kier molecular flexibility index (Phi) is 3.46. The van der Waals surface area contributed by atoms with Crippen molar-refractivity contribution in [3.8, 4) is 0 Å². The smallest absolute Gasteiger partial charge is 0.163 e. The molecule has 4 rings (SSSR count). The van der Waals surface area contributed by atoms with Gasteiger partial charge in [-0.1, -0.05) is 6.92 Å². The number of nitrogens with two attached hydrogens (primary N) is 1. The lowest BCUT2D eigenvalue weighted by molar-refractivity contribution is -0.0158. The van der Waals surface area contributed by atoms with Crippen molar-refractivity contribution < 1.29 is 4.74 Å². The second-order valence-electron chi connectivity index (χ2n) is 6.13. The fourth-order valence-corrected chi connectivity index (χ4v) is 3.57. The molecule has 1 aliphatic heterocycles. The number of anilines is 1. The van der Waals surface area contributed by atoms with E-state index < -0.39 is 0 Å². The molecule has 0 spiro atoms. The van der Waals surface area contributed by atoms with E-state index in [1.807, 2.05) is 0 Å². The van der Waals surface area contributed by atoms with Gasteiger partial charge in [0.25, 0.3) is 0 Å². The SMILES string of the molecule is CCc1nn(C2CC(N3CCOCC3)C2)c2ncnc(N)c12. The third-order valence-electron chi connectivity index (χ3n) is 4.92.